The van der Waals surface area contributed by atoms with Crippen molar-refractivity contribution in [3.05, 3.63) is 0 Å². The van der Waals surface area contributed by atoms with Crippen LogP contribution in [0.1, 0.15) is 20.3 Å². The molecule has 0 saturated carbocycles. The Hall–Kier alpha value is -2.03. The highest BCUT2D eigenvalue weighted by molar-refractivity contribution is 5.85. The molecule has 0 atom stereocenters. The summed E-state index contributed by atoms with van der Waals surface area (Å²) in [5.41, 5.74) is 0. The maximum Gasteiger partial charge on any atom is 0.409 e. The highest BCUT2D eigenvalue weighted by Gasteiger charge is 2.24. The standard InChI is InChI=1S/C17H33N5O4/c1-5-25-13-7-8-18-16(19-14-15(23)20(3)4)21-9-11-22(12-10-21)17(24)26-6-2/h5-14H2,1-4H3,(H,18,19). The van der Waals surface area contributed by atoms with Crippen LogP contribution in [-0.2, 0) is 14.3 Å². The van der Waals surface area contributed by atoms with Gasteiger partial charge in [0.1, 0.15) is 6.54 Å². The monoisotopic (exact) mass is 371 g/mol. The molecule has 26 heavy (non-hydrogen) atoms. The molecule has 0 spiro atoms. The van der Waals surface area contributed by atoms with Gasteiger partial charge in [-0.15, -0.1) is 0 Å². The molecule has 2 amide bonds. The van der Waals surface area contributed by atoms with Crippen molar-refractivity contribution in [2.75, 3.05) is 73.2 Å². The summed E-state index contributed by atoms with van der Waals surface area (Å²) in [7, 11) is 3.43. The van der Waals surface area contributed by atoms with Crippen LogP contribution in [-0.4, -0.2) is 106 Å². The van der Waals surface area contributed by atoms with E-state index in [0.717, 1.165) is 6.42 Å². The minimum atomic E-state index is -0.280. The number of guanidine groups is 1. The third-order valence-electron chi connectivity index (χ3n) is 3.92. The van der Waals surface area contributed by atoms with Gasteiger partial charge in [-0.25, -0.2) is 9.79 Å². The van der Waals surface area contributed by atoms with E-state index < -0.39 is 0 Å². The molecule has 1 N–H and O–H groups in total. The van der Waals surface area contributed by atoms with E-state index in [2.05, 4.69) is 15.2 Å². The first-order chi connectivity index (χ1) is 12.5. The third kappa shape index (κ3) is 7.90. The lowest BCUT2D eigenvalue weighted by molar-refractivity contribution is -0.127. The van der Waals surface area contributed by atoms with Gasteiger partial charge in [0, 0.05) is 60.0 Å². The van der Waals surface area contributed by atoms with Crippen molar-refractivity contribution in [2.45, 2.75) is 20.3 Å². The van der Waals surface area contributed by atoms with Crippen molar-refractivity contribution < 1.29 is 19.1 Å². The molecule has 9 heteroatoms. The lowest BCUT2D eigenvalue weighted by atomic mass is 10.3. The summed E-state index contributed by atoms with van der Waals surface area (Å²) in [5, 5.41) is 3.30. The zero-order valence-electron chi connectivity index (χ0n) is 16.5. The Morgan fingerprint density at radius 1 is 1.08 bits per heavy atom. The number of rotatable bonds is 8. The van der Waals surface area contributed by atoms with Crippen LogP contribution in [0.15, 0.2) is 4.99 Å². The number of hydrogen-bond donors (Lipinski definition) is 1. The number of carbonyl (C=O) groups excluding carboxylic acids is 2. The zero-order chi connectivity index (χ0) is 19.4. The Balaban J connectivity index is 2.59. The normalized spacial score (nSPS) is 15.0. The number of aliphatic imine (C=N–C) groups is 1. The van der Waals surface area contributed by atoms with Crippen molar-refractivity contribution in [1.29, 1.82) is 0 Å². The molecular weight excluding hydrogens is 338 g/mol. The van der Waals surface area contributed by atoms with Gasteiger partial charge in [-0.3, -0.25) is 4.79 Å². The van der Waals surface area contributed by atoms with E-state index in [9.17, 15) is 9.59 Å². The van der Waals surface area contributed by atoms with Gasteiger partial charge >= 0.3 is 6.09 Å². The molecule has 9 nitrogen and oxygen atoms in total. The largest absolute Gasteiger partial charge is 0.450 e. The van der Waals surface area contributed by atoms with E-state index in [1.807, 2.05) is 6.92 Å². The maximum atomic E-state index is 11.8. The molecule has 1 aliphatic heterocycles. The second-order valence-electron chi connectivity index (χ2n) is 6.08. The van der Waals surface area contributed by atoms with Crippen LogP contribution in [0.5, 0.6) is 0 Å². The van der Waals surface area contributed by atoms with Crippen LogP contribution in [0, 0.1) is 0 Å². The van der Waals surface area contributed by atoms with Crippen LogP contribution >= 0.6 is 0 Å². The second-order valence-corrected chi connectivity index (χ2v) is 6.08. The van der Waals surface area contributed by atoms with E-state index in [-0.39, 0.29) is 18.5 Å². The molecule has 1 fully saturated rings. The van der Waals surface area contributed by atoms with Gasteiger partial charge in [0.15, 0.2) is 5.96 Å². The van der Waals surface area contributed by atoms with Gasteiger partial charge in [-0.2, -0.15) is 0 Å². The topological polar surface area (TPSA) is 86.7 Å². The Bertz CT molecular complexity index is 462. The minimum absolute atomic E-state index is 0.0521. The minimum Gasteiger partial charge on any atom is -0.450 e. The highest BCUT2D eigenvalue weighted by atomic mass is 16.6. The van der Waals surface area contributed by atoms with Crippen LogP contribution < -0.4 is 5.32 Å². The van der Waals surface area contributed by atoms with E-state index in [1.165, 1.54) is 4.90 Å². The van der Waals surface area contributed by atoms with Crippen LogP contribution in [0.4, 0.5) is 4.79 Å². The summed E-state index contributed by atoms with van der Waals surface area (Å²) in [6.45, 7) is 8.77. The second kappa shape index (κ2) is 12.3. The summed E-state index contributed by atoms with van der Waals surface area (Å²) in [5.74, 6) is 0.643. The average molecular weight is 371 g/mol. The molecular formula is C17H33N5O4. The number of ether oxygens (including phenoxy) is 2. The molecule has 1 aliphatic rings. The highest BCUT2D eigenvalue weighted by Crippen LogP contribution is 2.05. The molecule has 0 unspecified atom stereocenters. The maximum absolute atomic E-state index is 11.8. The van der Waals surface area contributed by atoms with Crippen molar-refractivity contribution in [1.82, 2.24) is 20.0 Å². The van der Waals surface area contributed by atoms with Crippen LogP contribution in [0.25, 0.3) is 0 Å². The Morgan fingerprint density at radius 3 is 2.31 bits per heavy atom. The van der Waals surface area contributed by atoms with Crippen molar-refractivity contribution in [3.63, 3.8) is 0 Å². The summed E-state index contributed by atoms with van der Waals surface area (Å²) in [6.07, 6.45) is 0.579. The number of piperazine rings is 1. The third-order valence-corrected chi connectivity index (χ3v) is 3.92. The Morgan fingerprint density at radius 2 is 1.73 bits per heavy atom. The number of nitrogens with zero attached hydrogens (tertiary/aromatic N) is 4. The van der Waals surface area contributed by atoms with E-state index in [0.29, 0.717) is 58.5 Å². The summed E-state index contributed by atoms with van der Waals surface area (Å²) >= 11 is 0. The number of hydrogen-bond acceptors (Lipinski definition) is 5. The molecule has 0 aliphatic carbocycles. The van der Waals surface area contributed by atoms with E-state index >= 15 is 0 Å². The summed E-state index contributed by atoms with van der Waals surface area (Å²) < 4.78 is 10.4. The lowest BCUT2D eigenvalue weighted by Crippen LogP contribution is -2.54. The fourth-order valence-corrected chi connectivity index (χ4v) is 2.39. The van der Waals surface area contributed by atoms with Gasteiger partial charge < -0.3 is 29.5 Å². The Labute approximate surface area is 156 Å². The fourth-order valence-electron chi connectivity index (χ4n) is 2.39. The van der Waals surface area contributed by atoms with Crippen molar-refractivity contribution >= 4 is 18.0 Å². The van der Waals surface area contributed by atoms with Gasteiger partial charge in [0.25, 0.3) is 0 Å². The fraction of sp³-hybridized carbons (Fsp3) is 0.824. The number of likely N-dealkylation sites (N-methyl/N-ethyl adjacent to an activating group) is 1. The molecule has 1 heterocycles. The zero-order valence-corrected chi connectivity index (χ0v) is 16.5. The first kappa shape index (κ1) is 22.0. The molecule has 0 radical (unpaired) electrons. The molecule has 0 aromatic rings. The van der Waals surface area contributed by atoms with E-state index in [1.54, 1.807) is 25.9 Å². The van der Waals surface area contributed by atoms with Gasteiger partial charge in [0.05, 0.1) is 6.61 Å². The first-order valence-electron chi connectivity index (χ1n) is 9.22. The summed E-state index contributed by atoms with van der Waals surface area (Å²) in [6, 6.07) is 0. The summed E-state index contributed by atoms with van der Waals surface area (Å²) in [4.78, 5) is 33.4. The number of amides is 2. The molecule has 0 aromatic heterocycles. The van der Waals surface area contributed by atoms with Crippen molar-refractivity contribution in [3.8, 4) is 0 Å². The van der Waals surface area contributed by atoms with Gasteiger partial charge in [-0.1, -0.05) is 0 Å². The quantitative estimate of drug-likeness (QED) is 0.373. The lowest BCUT2D eigenvalue weighted by Gasteiger charge is -2.36. The average Bonchev–Trinajstić information content (AvgIpc) is 2.64. The molecule has 0 aromatic carbocycles. The number of nitrogens with one attached hydrogen (secondary N) is 1. The molecule has 150 valence electrons. The predicted octanol–water partition coefficient (Wildman–Crippen LogP) is 0.221. The van der Waals surface area contributed by atoms with Crippen LogP contribution in [0.2, 0.25) is 0 Å². The molecule has 1 saturated heterocycles. The van der Waals surface area contributed by atoms with Gasteiger partial charge in [0.2, 0.25) is 5.91 Å². The Kier molecular flexibility index (Phi) is 10.5. The van der Waals surface area contributed by atoms with Gasteiger partial charge in [-0.05, 0) is 20.3 Å². The SMILES string of the molecule is CCOCCCNC(=NCC(=O)N(C)C)N1CCN(C(=O)OCC)CC1. The van der Waals surface area contributed by atoms with E-state index in [4.69, 9.17) is 9.47 Å². The smallest absolute Gasteiger partial charge is 0.409 e. The number of carbonyl (C=O) groups is 2. The molecule has 0 bridgehead atoms. The molecule has 1 rings (SSSR count). The predicted molar refractivity (Wildman–Crippen MR) is 100 cm³/mol. The first-order valence-corrected chi connectivity index (χ1v) is 9.22. The van der Waals surface area contributed by atoms with Crippen molar-refractivity contribution in [2.24, 2.45) is 4.99 Å². The van der Waals surface area contributed by atoms with Crippen LogP contribution in [0.3, 0.4) is 0 Å².